The number of piperazine rings is 1. The number of imidazole rings is 1. The van der Waals surface area contributed by atoms with Gasteiger partial charge in [-0.2, -0.15) is 4.98 Å². The van der Waals surface area contributed by atoms with E-state index in [1.54, 1.807) is 23.7 Å². The Bertz CT molecular complexity index is 2070. The molecule has 2 aliphatic heterocycles. The minimum atomic E-state index is -0.574. The van der Waals surface area contributed by atoms with Crippen LogP contribution in [-0.2, 0) is 30.2 Å². The number of carbonyl (C=O) groups excluding carboxylic acids is 2. The fraction of sp³-hybridized carbons (Fsp3) is 0.281. The lowest BCUT2D eigenvalue weighted by molar-refractivity contribution is -0.123. The average molecular weight is 596 g/mol. The number of benzene rings is 3. The van der Waals surface area contributed by atoms with Crippen molar-refractivity contribution in [2.45, 2.75) is 19.0 Å². The first kappa shape index (κ1) is 27.7. The van der Waals surface area contributed by atoms with Crippen molar-refractivity contribution in [3.8, 4) is 0 Å². The lowest BCUT2D eigenvalue weighted by atomic mass is 10.1. The lowest BCUT2D eigenvalue weighted by Gasteiger charge is -2.37. The van der Waals surface area contributed by atoms with Crippen molar-refractivity contribution < 1.29 is 14.0 Å². The van der Waals surface area contributed by atoms with E-state index in [4.69, 9.17) is 4.98 Å². The molecule has 0 bridgehead atoms. The van der Waals surface area contributed by atoms with Crippen LogP contribution in [0.2, 0.25) is 0 Å². The molecule has 0 radical (unpaired) electrons. The predicted molar refractivity (Wildman–Crippen MR) is 164 cm³/mol. The molecule has 1 atom stereocenters. The third-order valence-corrected chi connectivity index (χ3v) is 8.75. The smallest absolute Gasteiger partial charge is 0.332 e. The summed E-state index contributed by atoms with van der Waals surface area (Å²) in [6, 6.07) is 18.8. The number of amides is 2. The summed E-state index contributed by atoms with van der Waals surface area (Å²) in [5.41, 5.74) is 0.960. The molecule has 0 spiro atoms. The van der Waals surface area contributed by atoms with Crippen LogP contribution in [0.15, 0.2) is 76.3 Å². The van der Waals surface area contributed by atoms with Gasteiger partial charge in [0.2, 0.25) is 11.9 Å². The maximum Gasteiger partial charge on any atom is 0.332 e. The number of aryl methyl sites for hydroxylation is 1. The van der Waals surface area contributed by atoms with Crippen LogP contribution in [0, 0.1) is 5.82 Å². The topological polar surface area (TPSA) is 106 Å². The number of anilines is 2. The van der Waals surface area contributed by atoms with E-state index in [-0.39, 0.29) is 41.8 Å². The van der Waals surface area contributed by atoms with E-state index in [2.05, 4.69) is 0 Å². The number of halogens is 1. The zero-order chi connectivity index (χ0) is 30.7. The van der Waals surface area contributed by atoms with Crippen molar-refractivity contribution in [3.63, 3.8) is 0 Å². The molecule has 2 amide bonds. The van der Waals surface area contributed by atoms with E-state index in [0.717, 1.165) is 20.9 Å². The normalized spacial score (nSPS) is 17.8. The molecule has 7 rings (SSSR count). The second-order valence-corrected chi connectivity index (χ2v) is 11.3. The van der Waals surface area contributed by atoms with Gasteiger partial charge >= 0.3 is 5.69 Å². The molecule has 0 N–H and O–H groups in total. The molecule has 2 aromatic heterocycles. The van der Waals surface area contributed by atoms with E-state index in [1.165, 1.54) is 28.6 Å². The first-order valence-corrected chi connectivity index (χ1v) is 14.5. The van der Waals surface area contributed by atoms with E-state index in [1.807, 2.05) is 52.3 Å². The summed E-state index contributed by atoms with van der Waals surface area (Å²) in [6.07, 6.45) is 0.100. The Balaban J connectivity index is 1.17. The van der Waals surface area contributed by atoms with Gasteiger partial charge in [-0.1, -0.05) is 48.5 Å². The number of rotatable bonds is 5. The minimum absolute atomic E-state index is 0.100. The predicted octanol–water partition coefficient (Wildman–Crippen LogP) is 2.23. The molecule has 4 heterocycles. The molecule has 2 saturated heterocycles. The first-order valence-electron chi connectivity index (χ1n) is 14.5. The second-order valence-electron chi connectivity index (χ2n) is 11.3. The molecule has 0 saturated carbocycles. The van der Waals surface area contributed by atoms with Gasteiger partial charge in [-0.05, 0) is 29.1 Å². The molecule has 11 nitrogen and oxygen atoms in total. The molecular weight excluding hydrogens is 565 g/mol. The molecule has 2 fully saturated rings. The summed E-state index contributed by atoms with van der Waals surface area (Å²) in [4.78, 5) is 63.0. The minimum Gasteiger partial charge on any atom is -0.340 e. The third kappa shape index (κ3) is 4.41. The standard InChI is InChI=1S/C32H30FN7O4/c1-35-28-27(30(43)36(2)32(35)44)39(19-20-10-12-22(33)13-11-20)31(34-28)38-16-14-37(15-17-38)25-18-26(41)40(29(25)42)24-9-5-7-21-6-3-4-8-23(21)24/h3-13,25H,14-19H2,1-2H3. The molecule has 224 valence electrons. The summed E-state index contributed by atoms with van der Waals surface area (Å²) in [5, 5.41) is 1.81. The van der Waals surface area contributed by atoms with Crippen molar-refractivity contribution in [1.82, 2.24) is 23.6 Å². The highest BCUT2D eigenvalue weighted by Gasteiger charge is 2.44. The average Bonchev–Trinajstić information content (AvgIpc) is 3.56. The van der Waals surface area contributed by atoms with Crippen molar-refractivity contribution in [2.75, 3.05) is 36.0 Å². The van der Waals surface area contributed by atoms with Crippen LogP contribution in [0.25, 0.3) is 21.9 Å². The zero-order valence-electron chi connectivity index (χ0n) is 24.3. The summed E-state index contributed by atoms with van der Waals surface area (Å²) >= 11 is 0. The monoisotopic (exact) mass is 595 g/mol. The Hall–Kier alpha value is -5.10. The molecule has 5 aromatic rings. The van der Waals surface area contributed by atoms with Crippen molar-refractivity contribution in [1.29, 1.82) is 0 Å². The highest BCUT2D eigenvalue weighted by atomic mass is 19.1. The summed E-state index contributed by atoms with van der Waals surface area (Å²) in [6.45, 7) is 2.18. The van der Waals surface area contributed by atoms with Crippen LogP contribution in [0.1, 0.15) is 12.0 Å². The number of fused-ring (bicyclic) bond motifs is 2. The fourth-order valence-corrected chi connectivity index (χ4v) is 6.39. The van der Waals surface area contributed by atoms with Crippen LogP contribution < -0.4 is 21.0 Å². The molecule has 12 heteroatoms. The molecule has 1 unspecified atom stereocenters. The van der Waals surface area contributed by atoms with Gasteiger partial charge in [0.15, 0.2) is 11.2 Å². The summed E-state index contributed by atoms with van der Waals surface area (Å²) in [5.74, 6) is -0.315. The van der Waals surface area contributed by atoms with Crippen molar-refractivity contribution >= 4 is 45.4 Å². The van der Waals surface area contributed by atoms with E-state index >= 15 is 0 Å². The number of nitrogens with zero attached hydrogens (tertiary/aromatic N) is 7. The van der Waals surface area contributed by atoms with Gasteiger partial charge in [-0.15, -0.1) is 0 Å². The quantitative estimate of drug-likeness (QED) is 0.287. The number of carbonyl (C=O) groups is 2. The third-order valence-electron chi connectivity index (χ3n) is 8.75. The molecule has 2 aliphatic rings. The maximum atomic E-state index is 13.7. The highest BCUT2D eigenvalue weighted by Crippen LogP contribution is 2.33. The van der Waals surface area contributed by atoms with E-state index < -0.39 is 17.3 Å². The Morgan fingerprint density at radius 3 is 2.30 bits per heavy atom. The number of imide groups is 1. The molecule has 44 heavy (non-hydrogen) atoms. The number of hydrogen-bond donors (Lipinski definition) is 0. The van der Waals surface area contributed by atoms with Gasteiger partial charge in [0.1, 0.15) is 5.82 Å². The summed E-state index contributed by atoms with van der Waals surface area (Å²) in [7, 11) is 3.00. The van der Waals surface area contributed by atoms with Gasteiger partial charge in [0.25, 0.3) is 11.5 Å². The van der Waals surface area contributed by atoms with Gasteiger partial charge in [0, 0.05) is 45.7 Å². The van der Waals surface area contributed by atoms with Gasteiger partial charge in [0.05, 0.1) is 24.7 Å². The van der Waals surface area contributed by atoms with Crippen LogP contribution >= 0.6 is 0 Å². The SMILES string of the molecule is Cn1c(=O)c2c(nc(N3CCN(C4CC(=O)N(c5cccc6ccccc56)C4=O)CC3)n2Cc2ccc(F)cc2)n(C)c1=O. The van der Waals surface area contributed by atoms with Crippen LogP contribution in [0.3, 0.4) is 0 Å². The van der Waals surface area contributed by atoms with Crippen molar-refractivity contribution in [2.24, 2.45) is 14.1 Å². The van der Waals surface area contributed by atoms with Gasteiger partial charge in [-0.3, -0.25) is 33.0 Å². The fourth-order valence-electron chi connectivity index (χ4n) is 6.39. The maximum absolute atomic E-state index is 13.7. The molecule has 0 aliphatic carbocycles. The Kier molecular flexibility index (Phi) is 6.65. The Morgan fingerprint density at radius 2 is 1.55 bits per heavy atom. The lowest BCUT2D eigenvalue weighted by Crippen LogP contribution is -2.53. The van der Waals surface area contributed by atoms with Crippen molar-refractivity contribution in [3.05, 3.63) is 98.9 Å². The largest absolute Gasteiger partial charge is 0.340 e. The van der Waals surface area contributed by atoms with Gasteiger partial charge in [-0.25, -0.2) is 14.1 Å². The first-order chi connectivity index (χ1) is 21.2. The molecular formula is C32H30FN7O4. The Labute approximate surface area is 251 Å². The molecule has 3 aromatic carbocycles. The Morgan fingerprint density at radius 1 is 0.841 bits per heavy atom. The van der Waals surface area contributed by atoms with Gasteiger partial charge < -0.3 is 4.90 Å². The van der Waals surface area contributed by atoms with Crippen LogP contribution in [-0.4, -0.2) is 67.6 Å². The summed E-state index contributed by atoms with van der Waals surface area (Å²) < 4.78 is 17.8. The zero-order valence-corrected chi connectivity index (χ0v) is 24.3. The van der Waals surface area contributed by atoms with Crippen LogP contribution in [0.4, 0.5) is 16.0 Å². The highest BCUT2D eigenvalue weighted by molar-refractivity contribution is 6.25. The number of aromatic nitrogens is 4. The van der Waals surface area contributed by atoms with E-state index in [0.29, 0.717) is 37.8 Å². The number of hydrogen-bond acceptors (Lipinski definition) is 7. The van der Waals surface area contributed by atoms with Crippen LogP contribution in [0.5, 0.6) is 0 Å². The second kappa shape index (κ2) is 10.6. The van der Waals surface area contributed by atoms with E-state index in [9.17, 15) is 23.6 Å².